The van der Waals surface area contributed by atoms with E-state index >= 15 is 0 Å². The monoisotopic (exact) mass is 492 g/mol. The molecule has 3 rings (SSSR count). The van der Waals surface area contributed by atoms with Gasteiger partial charge >= 0.3 is 0 Å². The maximum absolute atomic E-state index is 12.5. The molecule has 0 aliphatic carbocycles. The summed E-state index contributed by atoms with van der Waals surface area (Å²) in [5.41, 5.74) is 1.43. The third kappa shape index (κ3) is 6.18. The van der Waals surface area contributed by atoms with Crippen molar-refractivity contribution >= 4 is 46.6 Å². The molecule has 0 radical (unpaired) electrons. The van der Waals surface area contributed by atoms with E-state index in [1.165, 1.54) is 18.9 Å². The summed E-state index contributed by atoms with van der Waals surface area (Å²) < 4.78 is 12.9. The zero-order chi connectivity index (χ0) is 23.1. The van der Waals surface area contributed by atoms with Crippen molar-refractivity contribution in [3.05, 3.63) is 70.5 Å². The number of methoxy groups -OCH3 is 1. The second-order valence-corrected chi connectivity index (χ2v) is 8.47. The fourth-order valence-electron chi connectivity index (χ4n) is 2.79. The second-order valence-electron chi connectivity index (χ2n) is 6.68. The molecule has 0 saturated heterocycles. The largest absolute Gasteiger partial charge is 0.495 e. The van der Waals surface area contributed by atoms with Crippen LogP contribution in [0.5, 0.6) is 11.5 Å². The Kier molecular flexibility index (Phi) is 8.44. The topological polar surface area (TPSA) is 78.3 Å². The van der Waals surface area contributed by atoms with Crippen molar-refractivity contribution in [2.75, 3.05) is 18.2 Å². The molecule has 1 aromatic heterocycles. The Hall–Kier alpha value is -2.68. The minimum Gasteiger partial charge on any atom is -0.495 e. The standard InChI is InChI=1S/C22H22Cl2N4O3S/c1-4-9-28-20(12-31-16-6-7-17(24)14(2)10-16)26-27-22(28)32-13-21(29)25-18-11-15(23)5-8-19(18)30-3/h4-8,10-11H,1,9,12-13H2,2-3H3,(H,25,29). The molecule has 0 atom stereocenters. The van der Waals surface area contributed by atoms with Crippen LogP contribution in [0, 0.1) is 6.92 Å². The lowest BCUT2D eigenvalue weighted by Gasteiger charge is -2.11. The van der Waals surface area contributed by atoms with Gasteiger partial charge in [-0.3, -0.25) is 9.36 Å². The lowest BCUT2D eigenvalue weighted by Crippen LogP contribution is -2.15. The predicted octanol–water partition coefficient (Wildman–Crippen LogP) is 5.40. The quantitative estimate of drug-likeness (QED) is 0.301. The van der Waals surface area contributed by atoms with Crippen molar-refractivity contribution in [2.24, 2.45) is 0 Å². The molecule has 0 saturated carbocycles. The van der Waals surface area contributed by atoms with Crippen LogP contribution in [0.4, 0.5) is 5.69 Å². The second kappa shape index (κ2) is 11.3. The Bertz CT molecular complexity index is 1120. The summed E-state index contributed by atoms with van der Waals surface area (Å²) in [4.78, 5) is 12.5. The highest BCUT2D eigenvalue weighted by atomic mass is 35.5. The smallest absolute Gasteiger partial charge is 0.234 e. The molecule has 2 aromatic carbocycles. The summed E-state index contributed by atoms with van der Waals surface area (Å²) in [6.45, 7) is 6.40. The summed E-state index contributed by atoms with van der Waals surface area (Å²) in [7, 11) is 1.53. The van der Waals surface area contributed by atoms with Gasteiger partial charge in [-0.15, -0.1) is 16.8 Å². The molecule has 1 amide bonds. The average molecular weight is 493 g/mol. The molecule has 0 unspecified atom stereocenters. The molecular weight excluding hydrogens is 471 g/mol. The van der Waals surface area contributed by atoms with Crippen LogP contribution in [0.3, 0.4) is 0 Å². The van der Waals surface area contributed by atoms with Crippen LogP contribution >= 0.6 is 35.0 Å². The predicted molar refractivity (Wildman–Crippen MR) is 128 cm³/mol. The first-order chi connectivity index (χ1) is 15.4. The van der Waals surface area contributed by atoms with Gasteiger partial charge in [-0.25, -0.2) is 0 Å². The molecule has 10 heteroatoms. The number of nitrogens with one attached hydrogen (secondary N) is 1. The molecule has 0 bridgehead atoms. The van der Waals surface area contributed by atoms with E-state index in [0.29, 0.717) is 44.8 Å². The van der Waals surface area contributed by atoms with Crippen LogP contribution in [0.1, 0.15) is 11.4 Å². The number of ether oxygens (including phenoxy) is 2. The third-order valence-electron chi connectivity index (χ3n) is 4.37. The first-order valence-electron chi connectivity index (χ1n) is 9.59. The van der Waals surface area contributed by atoms with Crippen molar-refractivity contribution in [2.45, 2.75) is 25.2 Å². The number of benzene rings is 2. The van der Waals surface area contributed by atoms with Crippen LogP contribution in [0.2, 0.25) is 10.0 Å². The lowest BCUT2D eigenvalue weighted by molar-refractivity contribution is -0.113. The molecule has 0 spiro atoms. The van der Waals surface area contributed by atoms with Gasteiger partial charge in [-0.2, -0.15) is 0 Å². The number of anilines is 1. The summed E-state index contributed by atoms with van der Waals surface area (Å²) in [5.74, 6) is 1.74. The van der Waals surface area contributed by atoms with Gasteiger partial charge in [0.2, 0.25) is 5.91 Å². The van der Waals surface area contributed by atoms with Crippen LogP contribution in [0.25, 0.3) is 0 Å². The third-order valence-corrected chi connectivity index (χ3v) is 6.00. The van der Waals surface area contributed by atoms with Crippen LogP contribution in [0.15, 0.2) is 54.2 Å². The normalized spacial score (nSPS) is 10.6. The van der Waals surface area contributed by atoms with E-state index in [1.54, 1.807) is 36.4 Å². The van der Waals surface area contributed by atoms with Gasteiger partial charge in [0.1, 0.15) is 18.1 Å². The van der Waals surface area contributed by atoms with Crippen LogP contribution < -0.4 is 14.8 Å². The zero-order valence-corrected chi connectivity index (χ0v) is 19.9. The van der Waals surface area contributed by atoms with E-state index < -0.39 is 0 Å². The molecule has 3 aromatic rings. The summed E-state index contributed by atoms with van der Waals surface area (Å²) >= 11 is 13.3. The number of aryl methyl sites for hydroxylation is 1. The highest BCUT2D eigenvalue weighted by molar-refractivity contribution is 7.99. The SMILES string of the molecule is C=CCn1c(COc2ccc(Cl)c(C)c2)nnc1SCC(=O)Nc1cc(Cl)ccc1OC. The van der Waals surface area contributed by atoms with E-state index in [2.05, 4.69) is 22.1 Å². The van der Waals surface area contributed by atoms with Crippen molar-refractivity contribution < 1.29 is 14.3 Å². The number of aromatic nitrogens is 3. The van der Waals surface area contributed by atoms with Gasteiger partial charge < -0.3 is 14.8 Å². The minimum absolute atomic E-state index is 0.127. The number of hydrogen-bond acceptors (Lipinski definition) is 6. The van der Waals surface area contributed by atoms with Gasteiger partial charge in [0.05, 0.1) is 18.6 Å². The maximum atomic E-state index is 12.5. The number of carbonyl (C=O) groups is 1. The molecule has 7 nitrogen and oxygen atoms in total. The maximum Gasteiger partial charge on any atom is 0.234 e. The molecule has 0 fully saturated rings. The Balaban J connectivity index is 1.64. The minimum atomic E-state index is -0.224. The number of carbonyl (C=O) groups excluding carboxylic acids is 1. The highest BCUT2D eigenvalue weighted by Crippen LogP contribution is 2.28. The van der Waals surface area contributed by atoms with Gasteiger partial charge in [0.25, 0.3) is 0 Å². The highest BCUT2D eigenvalue weighted by Gasteiger charge is 2.15. The van der Waals surface area contributed by atoms with Crippen molar-refractivity contribution in [3.63, 3.8) is 0 Å². The molecule has 1 heterocycles. The zero-order valence-electron chi connectivity index (χ0n) is 17.6. The number of halogens is 2. The van der Waals surface area contributed by atoms with Gasteiger partial charge in [-0.05, 0) is 48.9 Å². The molecule has 1 N–H and O–H groups in total. The van der Waals surface area contributed by atoms with Gasteiger partial charge in [0.15, 0.2) is 11.0 Å². The van der Waals surface area contributed by atoms with Crippen molar-refractivity contribution in [3.8, 4) is 11.5 Å². The number of rotatable bonds is 10. The van der Waals surface area contributed by atoms with Gasteiger partial charge in [0, 0.05) is 16.6 Å². The molecule has 0 aliphatic rings. The summed E-state index contributed by atoms with van der Waals surface area (Å²) in [5, 5.41) is 13.0. The van der Waals surface area contributed by atoms with Crippen molar-refractivity contribution in [1.82, 2.24) is 14.8 Å². The Morgan fingerprint density at radius 2 is 2.06 bits per heavy atom. The Labute approximate surface area is 200 Å². The summed E-state index contributed by atoms with van der Waals surface area (Å²) in [6.07, 6.45) is 1.74. The summed E-state index contributed by atoms with van der Waals surface area (Å²) in [6, 6.07) is 10.5. The van der Waals surface area contributed by atoms with E-state index in [-0.39, 0.29) is 18.3 Å². The average Bonchev–Trinajstić information content (AvgIpc) is 3.15. The number of allylic oxidation sites excluding steroid dienone is 1. The first kappa shape index (κ1) is 24.0. The fraction of sp³-hybridized carbons (Fsp3) is 0.227. The molecule has 0 aliphatic heterocycles. The number of amides is 1. The van der Waals surface area contributed by atoms with E-state index in [1.807, 2.05) is 17.6 Å². The molecule has 168 valence electrons. The van der Waals surface area contributed by atoms with E-state index in [9.17, 15) is 4.79 Å². The number of hydrogen-bond donors (Lipinski definition) is 1. The molecule has 32 heavy (non-hydrogen) atoms. The van der Waals surface area contributed by atoms with Crippen LogP contribution in [-0.4, -0.2) is 33.5 Å². The van der Waals surface area contributed by atoms with E-state index in [0.717, 1.165) is 5.56 Å². The van der Waals surface area contributed by atoms with Crippen LogP contribution in [-0.2, 0) is 17.9 Å². The van der Waals surface area contributed by atoms with Gasteiger partial charge in [-0.1, -0.05) is 41.0 Å². The number of nitrogens with zero attached hydrogens (tertiary/aromatic N) is 3. The number of thioether (sulfide) groups is 1. The molecular formula is C22H22Cl2N4O3S. The Morgan fingerprint density at radius 3 is 2.78 bits per heavy atom. The lowest BCUT2D eigenvalue weighted by atomic mass is 10.2. The first-order valence-corrected chi connectivity index (χ1v) is 11.3. The van der Waals surface area contributed by atoms with E-state index in [4.69, 9.17) is 32.7 Å². The van der Waals surface area contributed by atoms with Crippen molar-refractivity contribution in [1.29, 1.82) is 0 Å². The Morgan fingerprint density at radius 1 is 1.25 bits per heavy atom. The fourth-order valence-corrected chi connectivity index (χ4v) is 3.85.